The molecule has 190 valence electrons. The summed E-state index contributed by atoms with van der Waals surface area (Å²) in [5.74, 6) is -0.758. The first-order chi connectivity index (χ1) is 17.0. The van der Waals surface area contributed by atoms with E-state index in [4.69, 9.17) is 27.9 Å². The molecule has 3 aromatic carbocycles. The van der Waals surface area contributed by atoms with Gasteiger partial charge in [-0.2, -0.15) is 0 Å². The number of hydrogen-bond donors (Lipinski definition) is 1. The number of hydrogen-bond acceptors (Lipinski definition) is 3. The zero-order chi connectivity index (χ0) is 26.3. The SMILES string of the molecule is CC(C)(C)NC(=O)[C@@H](Cc1ccccc1)N(Cc1ccc(Cl)c(Cl)c1)C(=O)COc1ccc(F)cc1. The Morgan fingerprint density at radius 3 is 2.22 bits per heavy atom. The van der Waals surface area contributed by atoms with E-state index in [9.17, 15) is 14.0 Å². The Labute approximate surface area is 221 Å². The maximum atomic E-state index is 13.5. The van der Waals surface area contributed by atoms with Gasteiger partial charge in [0.1, 0.15) is 17.6 Å². The maximum absolute atomic E-state index is 13.5. The van der Waals surface area contributed by atoms with Gasteiger partial charge in [-0.25, -0.2) is 4.39 Å². The van der Waals surface area contributed by atoms with Crippen molar-refractivity contribution in [3.63, 3.8) is 0 Å². The van der Waals surface area contributed by atoms with Gasteiger partial charge in [-0.05, 0) is 68.3 Å². The number of nitrogens with zero attached hydrogens (tertiary/aromatic N) is 1. The molecule has 36 heavy (non-hydrogen) atoms. The lowest BCUT2D eigenvalue weighted by molar-refractivity contribution is -0.143. The Morgan fingerprint density at radius 1 is 0.944 bits per heavy atom. The van der Waals surface area contributed by atoms with E-state index in [2.05, 4.69) is 5.32 Å². The molecule has 3 rings (SSSR count). The van der Waals surface area contributed by atoms with Gasteiger partial charge in [-0.1, -0.05) is 59.6 Å². The summed E-state index contributed by atoms with van der Waals surface area (Å²) in [6, 6.07) is 19.1. The van der Waals surface area contributed by atoms with E-state index in [1.54, 1.807) is 18.2 Å². The van der Waals surface area contributed by atoms with Gasteiger partial charge in [0.15, 0.2) is 6.61 Å². The Hall–Kier alpha value is -3.09. The normalized spacial score (nSPS) is 12.1. The van der Waals surface area contributed by atoms with E-state index in [0.717, 1.165) is 5.56 Å². The molecule has 0 saturated heterocycles. The van der Waals surface area contributed by atoms with Crippen molar-refractivity contribution in [2.75, 3.05) is 6.61 Å². The number of halogens is 3. The van der Waals surface area contributed by atoms with Crippen LogP contribution in [0.4, 0.5) is 4.39 Å². The van der Waals surface area contributed by atoms with Crippen LogP contribution in [0.15, 0.2) is 72.8 Å². The summed E-state index contributed by atoms with van der Waals surface area (Å²) in [6.45, 7) is 5.42. The summed E-state index contributed by atoms with van der Waals surface area (Å²) in [5.41, 5.74) is 1.11. The van der Waals surface area contributed by atoms with Crippen LogP contribution in [0.25, 0.3) is 0 Å². The Morgan fingerprint density at radius 2 is 1.61 bits per heavy atom. The second-order valence-corrected chi connectivity index (χ2v) is 10.3. The molecular weight excluding hydrogens is 502 g/mol. The fraction of sp³-hybridized carbons (Fsp3) is 0.286. The van der Waals surface area contributed by atoms with Gasteiger partial charge < -0.3 is 15.0 Å². The molecule has 1 N–H and O–H groups in total. The van der Waals surface area contributed by atoms with Crippen LogP contribution in [0, 0.1) is 5.82 Å². The first-order valence-corrected chi connectivity index (χ1v) is 12.2. The highest BCUT2D eigenvalue weighted by Gasteiger charge is 2.32. The minimum Gasteiger partial charge on any atom is -0.484 e. The van der Waals surface area contributed by atoms with Crippen LogP contribution in [0.5, 0.6) is 5.75 Å². The van der Waals surface area contributed by atoms with Crippen LogP contribution < -0.4 is 10.1 Å². The van der Waals surface area contributed by atoms with E-state index in [-0.39, 0.29) is 19.1 Å². The number of rotatable bonds is 9. The van der Waals surface area contributed by atoms with Gasteiger partial charge in [0.05, 0.1) is 10.0 Å². The van der Waals surface area contributed by atoms with Crippen LogP contribution in [-0.4, -0.2) is 34.9 Å². The quantitative estimate of drug-likeness (QED) is 0.365. The molecular formula is C28H29Cl2FN2O3. The molecule has 0 aliphatic carbocycles. The van der Waals surface area contributed by atoms with E-state index >= 15 is 0 Å². The third kappa shape index (κ3) is 8.25. The number of amides is 2. The van der Waals surface area contributed by atoms with Crippen molar-refractivity contribution in [2.45, 2.75) is 45.3 Å². The molecule has 0 saturated carbocycles. The van der Waals surface area contributed by atoms with Gasteiger partial charge >= 0.3 is 0 Å². The monoisotopic (exact) mass is 530 g/mol. The van der Waals surface area contributed by atoms with Crippen molar-refractivity contribution in [3.8, 4) is 5.75 Å². The standard InChI is InChI=1S/C28H29Cl2FN2O3/c1-28(2,3)32-27(35)25(16-19-7-5-4-6-8-19)33(17-20-9-14-23(29)24(30)15-20)26(34)18-36-22-12-10-21(31)11-13-22/h4-15,25H,16-18H2,1-3H3,(H,32,35)/t25-/m1/s1. The summed E-state index contributed by atoms with van der Waals surface area (Å²) < 4.78 is 18.9. The fourth-order valence-electron chi connectivity index (χ4n) is 3.60. The lowest BCUT2D eigenvalue weighted by Gasteiger charge is -2.33. The summed E-state index contributed by atoms with van der Waals surface area (Å²) in [6.07, 6.45) is 0.298. The molecule has 0 radical (unpaired) electrons. The minimum atomic E-state index is -0.828. The first-order valence-electron chi connectivity index (χ1n) is 11.5. The predicted molar refractivity (Wildman–Crippen MR) is 141 cm³/mol. The highest BCUT2D eigenvalue weighted by molar-refractivity contribution is 6.42. The first kappa shape index (κ1) is 27.5. The minimum absolute atomic E-state index is 0.109. The molecule has 0 bridgehead atoms. The van der Waals surface area contributed by atoms with Crippen molar-refractivity contribution in [1.29, 1.82) is 0 Å². The molecule has 0 fully saturated rings. The second-order valence-electron chi connectivity index (χ2n) is 9.46. The molecule has 0 aliphatic rings. The van der Waals surface area contributed by atoms with Crippen LogP contribution in [0.2, 0.25) is 10.0 Å². The average molecular weight is 531 g/mol. The van der Waals surface area contributed by atoms with Crippen LogP contribution in [0.1, 0.15) is 31.9 Å². The smallest absolute Gasteiger partial charge is 0.261 e. The molecule has 5 nitrogen and oxygen atoms in total. The third-order valence-electron chi connectivity index (χ3n) is 5.28. The van der Waals surface area contributed by atoms with Crippen molar-refractivity contribution in [1.82, 2.24) is 10.2 Å². The van der Waals surface area contributed by atoms with Gasteiger partial charge in [0, 0.05) is 18.5 Å². The molecule has 0 heterocycles. The lowest BCUT2D eigenvalue weighted by atomic mass is 10.0. The number of carbonyl (C=O) groups excluding carboxylic acids is 2. The Kier molecular flexibility index (Phi) is 9.35. The molecule has 2 amide bonds. The molecule has 1 atom stereocenters. The molecule has 0 unspecified atom stereocenters. The van der Waals surface area contributed by atoms with E-state index < -0.39 is 23.3 Å². The molecule has 8 heteroatoms. The average Bonchev–Trinajstić information content (AvgIpc) is 2.82. The largest absolute Gasteiger partial charge is 0.484 e. The van der Waals surface area contributed by atoms with Gasteiger partial charge in [0.25, 0.3) is 5.91 Å². The zero-order valence-electron chi connectivity index (χ0n) is 20.4. The fourth-order valence-corrected chi connectivity index (χ4v) is 3.92. The van der Waals surface area contributed by atoms with Crippen LogP contribution in [-0.2, 0) is 22.6 Å². The maximum Gasteiger partial charge on any atom is 0.261 e. The third-order valence-corrected chi connectivity index (χ3v) is 6.02. The number of ether oxygens (including phenoxy) is 1. The number of benzene rings is 3. The van der Waals surface area contributed by atoms with Crippen molar-refractivity contribution in [2.24, 2.45) is 0 Å². The van der Waals surface area contributed by atoms with Gasteiger partial charge in [-0.3, -0.25) is 9.59 Å². The van der Waals surface area contributed by atoms with Gasteiger partial charge in [-0.15, -0.1) is 0 Å². The predicted octanol–water partition coefficient (Wildman–Crippen LogP) is 6.07. The van der Waals surface area contributed by atoms with E-state index in [0.29, 0.717) is 27.8 Å². The zero-order valence-corrected chi connectivity index (χ0v) is 21.9. The molecule has 0 aromatic heterocycles. The second kappa shape index (κ2) is 12.2. The van der Waals surface area contributed by atoms with Crippen molar-refractivity contribution >= 4 is 35.0 Å². The number of nitrogens with one attached hydrogen (secondary N) is 1. The highest BCUT2D eigenvalue weighted by Crippen LogP contribution is 2.24. The van der Waals surface area contributed by atoms with Crippen LogP contribution in [0.3, 0.4) is 0 Å². The number of carbonyl (C=O) groups is 2. The summed E-state index contributed by atoms with van der Waals surface area (Å²) >= 11 is 12.3. The Balaban J connectivity index is 1.94. The topological polar surface area (TPSA) is 58.6 Å². The van der Waals surface area contributed by atoms with Gasteiger partial charge in [0.2, 0.25) is 5.91 Å². The summed E-state index contributed by atoms with van der Waals surface area (Å²) in [7, 11) is 0. The highest BCUT2D eigenvalue weighted by atomic mass is 35.5. The lowest BCUT2D eigenvalue weighted by Crippen LogP contribution is -2.55. The van der Waals surface area contributed by atoms with Crippen molar-refractivity contribution in [3.05, 3.63) is 99.8 Å². The van der Waals surface area contributed by atoms with Crippen molar-refractivity contribution < 1.29 is 18.7 Å². The van der Waals surface area contributed by atoms with Crippen LogP contribution >= 0.6 is 23.2 Å². The molecule has 0 aliphatic heterocycles. The van der Waals surface area contributed by atoms with E-state index in [1.165, 1.54) is 29.2 Å². The van der Waals surface area contributed by atoms with E-state index in [1.807, 2.05) is 51.1 Å². The molecule has 3 aromatic rings. The summed E-state index contributed by atoms with van der Waals surface area (Å²) in [4.78, 5) is 28.5. The Bertz CT molecular complexity index is 1180. The molecule has 0 spiro atoms. The summed E-state index contributed by atoms with van der Waals surface area (Å²) in [5, 5.41) is 3.74.